The van der Waals surface area contributed by atoms with E-state index in [9.17, 15) is 13.0 Å². The van der Waals surface area contributed by atoms with E-state index in [-0.39, 0.29) is 16.1 Å². The average Bonchev–Trinajstić information content (AvgIpc) is 2.98. The molecule has 0 spiro atoms. The standard InChI is InChI=1S/C35H44O5S/c1-4-34(20-8-6-9-21-34)39-29-16-12-27(13-17-29)31-24-26(3)25-32(33(31)41(36,37)38)28-14-18-30(19-15-28)40-35(5-2)22-10-7-11-23-35/h12-19,24-25H,4-11,20-23H2,1-3H3,(H,36,37,38)/p-1. The Kier molecular flexibility index (Phi) is 8.81. The lowest BCUT2D eigenvalue weighted by molar-refractivity contribution is 0.0263. The van der Waals surface area contributed by atoms with E-state index in [1.54, 1.807) is 12.1 Å². The fourth-order valence-corrected chi connectivity index (χ4v) is 7.72. The molecule has 0 heterocycles. The Morgan fingerprint density at radius 1 is 0.659 bits per heavy atom. The van der Waals surface area contributed by atoms with Crippen LogP contribution < -0.4 is 9.47 Å². The van der Waals surface area contributed by atoms with Gasteiger partial charge in [0.25, 0.3) is 0 Å². The Morgan fingerprint density at radius 2 is 1.02 bits per heavy atom. The van der Waals surface area contributed by atoms with E-state index in [4.69, 9.17) is 9.47 Å². The molecule has 0 atom stereocenters. The highest BCUT2D eigenvalue weighted by Crippen LogP contribution is 2.41. The smallest absolute Gasteiger partial charge is 0.125 e. The Hall–Kier alpha value is -2.83. The summed E-state index contributed by atoms with van der Waals surface area (Å²) in [6.07, 6.45) is 13.3. The second kappa shape index (κ2) is 12.2. The summed E-state index contributed by atoms with van der Waals surface area (Å²) in [5.41, 5.74) is 2.78. The van der Waals surface area contributed by atoms with Crippen molar-refractivity contribution in [3.05, 3.63) is 66.2 Å². The lowest BCUT2D eigenvalue weighted by Gasteiger charge is -2.37. The lowest BCUT2D eigenvalue weighted by atomic mass is 9.82. The van der Waals surface area contributed by atoms with Gasteiger partial charge in [-0.2, -0.15) is 0 Å². The SMILES string of the molecule is CCC1(Oc2ccc(-c3cc(C)cc(-c4ccc(OC5(CC)CCCCC5)cc4)c3S(=O)(=O)[O-])cc2)CCCCC1. The molecule has 3 aromatic carbocycles. The van der Waals surface area contributed by atoms with Gasteiger partial charge in [-0.05, 0) is 112 Å². The van der Waals surface area contributed by atoms with Crippen molar-refractivity contribution in [1.82, 2.24) is 0 Å². The molecule has 5 nitrogen and oxygen atoms in total. The van der Waals surface area contributed by atoms with Crippen molar-refractivity contribution in [3.8, 4) is 33.8 Å². The van der Waals surface area contributed by atoms with Crippen molar-refractivity contribution >= 4 is 10.1 Å². The Bertz CT molecular complexity index is 1340. The topological polar surface area (TPSA) is 75.7 Å². The van der Waals surface area contributed by atoms with Crippen LogP contribution in [0.15, 0.2) is 65.6 Å². The molecule has 220 valence electrons. The van der Waals surface area contributed by atoms with Gasteiger partial charge in [-0.1, -0.05) is 63.1 Å². The zero-order valence-electron chi connectivity index (χ0n) is 24.7. The van der Waals surface area contributed by atoms with Crippen molar-refractivity contribution < 1.29 is 22.4 Å². The number of aryl methyl sites for hydroxylation is 1. The monoisotopic (exact) mass is 575 g/mol. The number of hydrogen-bond donors (Lipinski definition) is 0. The molecule has 0 N–H and O–H groups in total. The Labute approximate surface area is 246 Å². The summed E-state index contributed by atoms with van der Waals surface area (Å²) in [6, 6.07) is 18.6. The van der Waals surface area contributed by atoms with Crippen molar-refractivity contribution in [2.24, 2.45) is 0 Å². The minimum absolute atomic E-state index is 0.135. The molecular formula is C35H43O5S-. The molecule has 0 aliphatic heterocycles. The molecule has 0 amide bonds. The molecule has 0 radical (unpaired) electrons. The van der Waals surface area contributed by atoms with E-state index in [1.807, 2.05) is 55.5 Å². The predicted molar refractivity (Wildman–Crippen MR) is 163 cm³/mol. The van der Waals surface area contributed by atoms with Gasteiger partial charge in [0.15, 0.2) is 0 Å². The van der Waals surface area contributed by atoms with Gasteiger partial charge in [0.2, 0.25) is 0 Å². The first-order valence-electron chi connectivity index (χ1n) is 15.4. The van der Waals surface area contributed by atoms with Crippen LogP contribution in [-0.2, 0) is 10.1 Å². The molecule has 0 saturated heterocycles. The summed E-state index contributed by atoms with van der Waals surface area (Å²) in [6.45, 7) is 6.27. The van der Waals surface area contributed by atoms with Gasteiger partial charge in [-0.15, -0.1) is 0 Å². The first-order valence-corrected chi connectivity index (χ1v) is 16.8. The van der Waals surface area contributed by atoms with Crippen molar-refractivity contribution in [1.29, 1.82) is 0 Å². The summed E-state index contributed by atoms with van der Waals surface area (Å²) in [4.78, 5) is -0.194. The predicted octanol–water partition coefficient (Wildman–Crippen LogP) is 9.22. The summed E-state index contributed by atoms with van der Waals surface area (Å²) < 4.78 is 51.2. The van der Waals surface area contributed by atoms with Crippen LogP contribution >= 0.6 is 0 Å². The third kappa shape index (κ3) is 6.65. The number of rotatable bonds is 9. The van der Waals surface area contributed by atoms with E-state index in [0.717, 1.165) is 55.6 Å². The van der Waals surface area contributed by atoms with Gasteiger partial charge >= 0.3 is 0 Å². The molecular weight excluding hydrogens is 532 g/mol. The van der Waals surface area contributed by atoms with E-state index < -0.39 is 10.1 Å². The number of benzene rings is 3. The molecule has 6 heteroatoms. The van der Waals surface area contributed by atoms with Gasteiger partial charge in [0, 0.05) is 11.1 Å². The highest BCUT2D eigenvalue weighted by Gasteiger charge is 2.33. The van der Waals surface area contributed by atoms with Gasteiger partial charge in [0.05, 0.1) is 4.90 Å². The van der Waals surface area contributed by atoms with Crippen molar-refractivity contribution in [2.75, 3.05) is 0 Å². The summed E-state index contributed by atoms with van der Waals surface area (Å²) in [5.74, 6) is 1.55. The van der Waals surface area contributed by atoms with Crippen LogP contribution in [0.25, 0.3) is 22.3 Å². The third-order valence-corrected chi connectivity index (χ3v) is 10.2. The highest BCUT2D eigenvalue weighted by molar-refractivity contribution is 7.86. The Balaban J connectivity index is 1.47. The van der Waals surface area contributed by atoms with E-state index in [1.165, 1.54) is 38.5 Å². The summed E-state index contributed by atoms with van der Waals surface area (Å²) in [5, 5.41) is 0. The molecule has 2 fully saturated rings. The molecule has 2 saturated carbocycles. The van der Waals surface area contributed by atoms with Gasteiger partial charge in [0.1, 0.15) is 32.8 Å². The minimum atomic E-state index is -4.78. The van der Waals surface area contributed by atoms with Crippen LogP contribution in [0, 0.1) is 6.92 Å². The molecule has 41 heavy (non-hydrogen) atoms. The van der Waals surface area contributed by atoms with E-state index in [2.05, 4.69) is 13.8 Å². The summed E-state index contributed by atoms with van der Waals surface area (Å²) >= 11 is 0. The minimum Gasteiger partial charge on any atom is -0.744 e. The number of hydrogen-bond acceptors (Lipinski definition) is 5. The van der Waals surface area contributed by atoms with Crippen LogP contribution in [0.3, 0.4) is 0 Å². The van der Waals surface area contributed by atoms with Gasteiger partial charge in [-0.3, -0.25) is 0 Å². The fourth-order valence-electron chi connectivity index (χ4n) is 6.82. The normalized spacial score (nSPS) is 18.5. The van der Waals surface area contributed by atoms with Gasteiger partial charge < -0.3 is 14.0 Å². The largest absolute Gasteiger partial charge is 0.744 e. The molecule has 0 unspecified atom stereocenters. The first-order chi connectivity index (χ1) is 19.7. The lowest BCUT2D eigenvalue weighted by Crippen LogP contribution is -2.37. The van der Waals surface area contributed by atoms with Crippen molar-refractivity contribution in [3.63, 3.8) is 0 Å². The van der Waals surface area contributed by atoms with Crippen LogP contribution in [-0.4, -0.2) is 24.2 Å². The first kappa shape index (κ1) is 29.7. The molecule has 2 aliphatic carbocycles. The van der Waals surface area contributed by atoms with Crippen LogP contribution in [0.5, 0.6) is 11.5 Å². The zero-order chi connectivity index (χ0) is 29.1. The second-order valence-corrected chi connectivity index (χ2v) is 13.4. The molecule has 3 aromatic rings. The van der Waals surface area contributed by atoms with Gasteiger partial charge in [-0.25, -0.2) is 8.42 Å². The highest BCUT2D eigenvalue weighted by atomic mass is 32.2. The van der Waals surface area contributed by atoms with E-state index in [0.29, 0.717) is 22.3 Å². The van der Waals surface area contributed by atoms with Crippen LogP contribution in [0.1, 0.15) is 96.5 Å². The molecule has 0 bridgehead atoms. The van der Waals surface area contributed by atoms with Crippen LogP contribution in [0.2, 0.25) is 0 Å². The molecule has 2 aliphatic rings. The maximum Gasteiger partial charge on any atom is 0.125 e. The third-order valence-electron chi connectivity index (χ3n) is 9.30. The maximum absolute atomic E-state index is 12.7. The fraction of sp³-hybridized carbons (Fsp3) is 0.486. The zero-order valence-corrected chi connectivity index (χ0v) is 25.5. The van der Waals surface area contributed by atoms with E-state index >= 15 is 0 Å². The maximum atomic E-state index is 12.7. The quantitative estimate of drug-likeness (QED) is 0.238. The molecule has 5 rings (SSSR count). The summed E-state index contributed by atoms with van der Waals surface area (Å²) in [7, 11) is -4.78. The van der Waals surface area contributed by atoms with Crippen LogP contribution in [0.4, 0.5) is 0 Å². The molecule has 0 aromatic heterocycles. The average molecular weight is 576 g/mol. The Morgan fingerprint density at radius 3 is 1.34 bits per heavy atom. The van der Waals surface area contributed by atoms with Crippen molar-refractivity contribution in [2.45, 2.75) is 114 Å². The second-order valence-electron chi connectivity index (χ2n) is 12.1. The number of ether oxygens (including phenoxy) is 2.